The van der Waals surface area contributed by atoms with Crippen LogP contribution in [0.4, 0.5) is 0 Å². The zero-order valence-electron chi connectivity index (χ0n) is 8.10. The van der Waals surface area contributed by atoms with Gasteiger partial charge in [0.25, 0.3) is 0 Å². The van der Waals surface area contributed by atoms with Gasteiger partial charge in [-0.2, -0.15) is 0 Å². The fraction of sp³-hybridized carbons (Fsp3) is 0.300. The lowest BCUT2D eigenvalue weighted by atomic mass is 10.0. The molecule has 0 aliphatic rings. The van der Waals surface area contributed by atoms with Crippen molar-refractivity contribution in [2.24, 2.45) is 0 Å². The van der Waals surface area contributed by atoms with Crippen LogP contribution in [0.2, 0.25) is 5.02 Å². The second-order valence-electron chi connectivity index (χ2n) is 3.18. The van der Waals surface area contributed by atoms with E-state index in [0.29, 0.717) is 0 Å². The maximum absolute atomic E-state index is 10.8. The molecular formula is C10H10BrClO4. The van der Waals surface area contributed by atoms with Gasteiger partial charge in [0.1, 0.15) is 6.10 Å². The number of carboxylic acids is 1. The molecule has 1 rings (SSSR count). The molecule has 1 aromatic rings. The number of hydrogen-bond acceptors (Lipinski definition) is 3. The Hall–Kier alpha value is -0.620. The first-order valence-corrected chi connectivity index (χ1v) is 5.92. The number of hydrogen-bond donors (Lipinski definition) is 3. The second kappa shape index (κ2) is 5.63. The van der Waals surface area contributed by atoms with Crippen LogP contribution in [0.25, 0.3) is 0 Å². The second-order valence-corrected chi connectivity index (χ2v) is 4.21. The molecule has 3 N–H and O–H groups in total. The minimum atomic E-state index is -1.22. The summed E-state index contributed by atoms with van der Waals surface area (Å²) in [6.07, 6.45) is -2.26. The standard InChI is InChI=1S/C10H10BrClO4/c11-4-7(13)9(14)5-2-1-3-6(8(5)12)10(15)16/h1-3,7,9,13-14H,4H2,(H,15,16). The third-order valence-electron chi connectivity index (χ3n) is 2.10. The molecule has 0 amide bonds. The van der Waals surface area contributed by atoms with E-state index in [1.54, 1.807) is 0 Å². The SMILES string of the molecule is O=C(O)c1cccc(C(O)C(O)CBr)c1Cl. The van der Waals surface area contributed by atoms with E-state index in [-0.39, 0.29) is 21.5 Å². The molecule has 0 aromatic heterocycles. The van der Waals surface area contributed by atoms with Crippen LogP contribution in [-0.4, -0.2) is 32.7 Å². The molecule has 0 saturated carbocycles. The predicted octanol–water partition coefficient (Wildman–Crippen LogP) is 1.83. The number of carboxylic acid groups (broad SMARTS) is 1. The number of carbonyl (C=O) groups is 1. The summed E-state index contributed by atoms with van der Waals surface area (Å²) in [6, 6.07) is 4.28. The molecule has 0 heterocycles. The maximum Gasteiger partial charge on any atom is 0.337 e. The third kappa shape index (κ3) is 2.74. The number of benzene rings is 1. The predicted molar refractivity (Wildman–Crippen MR) is 63.2 cm³/mol. The summed E-state index contributed by atoms with van der Waals surface area (Å²) in [4.78, 5) is 10.8. The Kier molecular flexibility index (Phi) is 4.73. The highest BCUT2D eigenvalue weighted by atomic mass is 79.9. The van der Waals surface area contributed by atoms with Gasteiger partial charge in [-0.25, -0.2) is 4.79 Å². The minimum absolute atomic E-state index is 0.0532. The van der Waals surface area contributed by atoms with Gasteiger partial charge in [-0.1, -0.05) is 39.7 Å². The van der Waals surface area contributed by atoms with Crippen molar-refractivity contribution in [2.75, 3.05) is 5.33 Å². The molecule has 2 atom stereocenters. The van der Waals surface area contributed by atoms with Crippen LogP contribution < -0.4 is 0 Å². The van der Waals surface area contributed by atoms with Gasteiger partial charge in [0, 0.05) is 10.9 Å². The van der Waals surface area contributed by atoms with Crippen molar-refractivity contribution >= 4 is 33.5 Å². The van der Waals surface area contributed by atoms with Crippen LogP contribution >= 0.6 is 27.5 Å². The molecule has 0 radical (unpaired) electrons. The Morgan fingerprint density at radius 1 is 1.44 bits per heavy atom. The average Bonchev–Trinajstić information content (AvgIpc) is 2.27. The van der Waals surface area contributed by atoms with Gasteiger partial charge in [-0.3, -0.25) is 0 Å². The van der Waals surface area contributed by atoms with Gasteiger partial charge >= 0.3 is 5.97 Å². The van der Waals surface area contributed by atoms with E-state index < -0.39 is 18.2 Å². The van der Waals surface area contributed by atoms with Crippen molar-refractivity contribution in [1.82, 2.24) is 0 Å². The van der Waals surface area contributed by atoms with E-state index in [1.165, 1.54) is 18.2 Å². The Morgan fingerprint density at radius 2 is 2.06 bits per heavy atom. The van der Waals surface area contributed by atoms with Crippen LogP contribution in [0.5, 0.6) is 0 Å². The quantitative estimate of drug-likeness (QED) is 0.742. The van der Waals surface area contributed by atoms with Gasteiger partial charge in [0.05, 0.1) is 16.7 Å². The number of aromatic carboxylic acids is 1. The molecule has 2 unspecified atom stereocenters. The minimum Gasteiger partial charge on any atom is -0.478 e. The Morgan fingerprint density at radius 3 is 2.56 bits per heavy atom. The van der Waals surface area contributed by atoms with Gasteiger partial charge in [0.15, 0.2) is 0 Å². The summed E-state index contributed by atoms with van der Waals surface area (Å²) in [5, 5.41) is 28.1. The monoisotopic (exact) mass is 308 g/mol. The highest BCUT2D eigenvalue weighted by molar-refractivity contribution is 9.09. The third-order valence-corrected chi connectivity index (χ3v) is 3.19. The molecule has 0 aliphatic carbocycles. The smallest absolute Gasteiger partial charge is 0.337 e. The molecule has 88 valence electrons. The average molecular weight is 310 g/mol. The van der Waals surface area contributed by atoms with Gasteiger partial charge < -0.3 is 15.3 Å². The van der Waals surface area contributed by atoms with Crippen molar-refractivity contribution < 1.29 is 20.1 Å². The molecule has 1 aromatic carbocycles. The largest absolute Gasteiger partial charge is 0.478 e. The topological polar surface area (TPSA) is 77.8 Å². The Labute approximate surface area is 106 Å². The number of halogens is 2. The molecule has 4 nitrogen and oxygen atoms in total. The van der Waals surface area contributed by atoms with E-state index >= 15 is 0 Å². The highest BCUT2D eigenvalue weighted by Gasteiger charge is 2.22. The maximum atomic E-state index is 10.8. The lowest BCUT2D eigenvalue weighted by molar-refractivity contribution is 0.0342. The van der Waals surface area contributed by atoms with Crippen LogP contribution in [0.3, 0.4) is 0 Å². The summed E-state index contributed by atoms with van der Waals surface area (Å²) in [5.41, 5.74) is 0.105. The summed E-state index contributed by atoms with van der Waals surface area (Å²) in [7, 11) is 0. The van der Waals surface area contributed by atoms with Crippen LogP contribution in [0, 0.1) is 0 Å². The molecule has 0 spiro atoms. The fourth-order valence-electron chi connectivity index (χ4n) is 1.24. The summed E-state index contributed by atoms with van der Waals surface area (Å²) in [5.74, 6) is -1.17. The fourth-order valence-corrected chi connectivity index (χ4v) is 1.91. The molecule has 0 aliphatic heterocycles. The Bertz CT molecular complexity index is 396. The van der Waals surface area contributed by atoms with E-state index in [9.17, 15) is 15.0 Å². The molecule has 0 fully saturated rings. The van der Waals surface area contributed by atoms with Crippen molar-refractivity contribution in [2.45, 2.75) is 12.2 Å². The Balaban J connectivity index is 3.15. The van der Waals surface area contributed by atoms with Crippen LogP contribution in [0.1, 0.15) is 22.0 Å². The van der Waals surface area contributed by atoms with Crippen molar-refractivity contribution in [3.8, 4) is 0 Å². The normalized spacial score (nSPS) is 14.5. The first-order chi connectivity index (χ1) is 7.49. The molecule has 0 saturated heterocycles. The van der Waals surface area contributed by atoms with Gasteiger partial charge in [-0.05, 0) is 6.07 Å². The molecular weight excluding hydrogens is 299 g/mol. The van der Waals surface area contributed by atoms with E-state index in [0.717, 1.165) is 0 Å². The molecule has 16 heavy (non-hydrogen) atoms. The summed E-state index contributed by atoms with van der Waals surface area (Å²) >= 11 is 8.85. The van der Waals surface area contributed by atoms with E-state index in [2.05, 4.69) is 15.9 Å². The lowest BCUT2D eigenvalue weighted by Crippen LogP contribution is -2.20. The number of rotatable bonds is 4. The van der Waals surface area contributed by atoms with Gasteiger partial charge in [-0.15, -0.1) is 0 Å². The zero-order chi connectivity index (χ0) is 12.3. The van der Waals surface area contributed by atoms with Crippen molar-refractivity contribution in [3.05, 3.63) is 34.3 Å². The van der Waals surface area contributed by atoms with E-state index in [4.69, 9.17) is 16.7 Å². The van der Waals surface area contributed by atoms with Gasteiger partial charge in [0.2, 0.25) is 0 Å². The summed E-state index contributed by atoms with van der Waals surface area (Å²) < 4.78 is 0. The van der Waals surface area contributed by atoms with Crippen LogP contribution in [-0.2, 0) is 0 Å². The van der Waals surface area contributed by atoms with Crippen LogP contribution in [0.15, 0.2) is 18.2 Å². The number of aliphatic hydroxyl groups excluding tert-OH is 2. The molecule has 0 bridgehead atoms. The lowest BCUT2D eigenvalue weighted by Gasteiger charge is -2.17. The first kappa shape index (κ1) is 13.4. The first-order valence-electron chi connectivity index (χ1n) is 4.42. The zero-order valence-corrected chi connectivity index (χ0v) is 10.4. The summed E-state index contributed by atoms with van der Waals surface area (Å²) in [6.45, 7) is 0. The number of aliphatic hydroxyl groups is 2. The highest BCUT2D eigenvalue weighted by Crippen LogP contribution is 2.28. The van der Waals surface area contributed by atoms with Crippen molar-refractivity contribution in [3.63, 3.8) is 0 Å². The number of alkyl halides is 1. The van der Waals surface area contributed by atoms with Crippen molar-refractivity contribution in [1.29, 1.82) is 0 Å². The van der Waals surface area contributed by atoms with E-state index in [1.807, 2.05) is 0 Å². The molecule has 6 heteroatoms.